The molecular formula is C13H16BrNO2. The monoisotopic (exact) mass is 297 g/mol. The molecule has 0 unspecified atom stereocenters. The minimum absolute atomic E-state index is 0.323. The highest BCUT2D eigenvalue weighted by Gasteiger charge is 2.06. The summed E-state index contributed by atoms with van der Waals surface area (Å²) in [7, 11) is 3.30. The molecule has 0 aromatic heterocycles. The van der Waals surface area contributed by atoms with Gasteiger partial charge in [-0.3, -0.25) is 0 Å². The number of benzene rings is 1. The van der Waals surface area contributed by atoms with Crippen LogP contribution in [0.4, 0.5) is 0 Å². The molecule has 3 nitrogen and oxygen atoms in total. The van der Waals surface area contributed by atoms with Gasteiger partial charge in [-0.1, -0.05) is 34.1 Å². The lowest BCUT2D eigenvalue weighted by Crippen LogP contribution is -2.05. The zero-order chi connectivity index (χ0) is 12.7. The van der Waals surface area contributed by atoms with Crippen molar-refractivity contribution >= 4 is 28.0 Å². The van der Waals surface area contributed by atoms with Crippen LogP contribution in [-0.2, 0) is 4.74 Å². The largest absolute Gasteiger partial charge is 0.465 e. The van der Waals surface area contributed by atoms with E-state index in [1.807, 2.05) is 19.2 Å². The second-order valence-electron chi connectivity index (χ2n) is 3.52. The summed E-state index contributed by atoms with van der Waals surface area (Å²) in [6.07, 6.45) is 5.10. The number of esters is 1. The highest BCUT2D eigenvalue weighted by atomic mass is 79.9. The van der Waals surface area contributed by atoms with Crippen LogP contribution in [0.1, 0.15) is 22.3 Å². The van der Waals surface area contributed by atoms with E-state index in [2.05, 4.69) is 32.1 Å². The molecule has 4 heteroatoms. The van der Waals surface area contributed by atoms with Gasteiger partial charge in [-0.05, 0) is 37.7 Å². The summed E-state index contributed by atoms with van der Waals surface area (Å²) < 4.78 is 5.55. The predicted molar refractivity (Wildman–Crippen MR) is 73.1 cm³/mol. The zero-order valence-corrected chi connectivity index (χ0v) is 11.6. The van der Waals surface area contributed by atoms with Gasteiger partial charge in [0.15, 0.2) is 0 Å². The Labute approximate surface area is 110 Å². The van der Waals surface area contributed by atoms with Crippen LogP contribution in [0, 0.1) is 0 Å². The van der Waals surface area contributed by atoms with Crippen molar-refractivity contribution in [2.45, 2.75) is 6.42 Å². The normalized spacial score (nSPS) is 10.8. The summed E-state index contributed by atoms with van der Waals surface area (Å²) in [5, 5.41) is 3.08. The molecule has 0 aliphatic rings. The summed E-state index contributed by atoms with van der Waals surface area (Å²) in [5.41, 5.74) is 1.60. The second kappa shape index (κ2) is 7.25. The van der Waals surface area contributed by atoms with Crippen LogP contribution in [-0.4, -0.2) is 26.7 Å². The number of hydrogen-bond donors (Lipinski definition) is 1. The maximum Gasteiger partial charge on any atom is 0.337 e. The first-order chi connectivity index (χ1) is 8.19. The first-order valence-electron chi connectivity index (χ1n) is 5.38. The van der Waals surface area contributed by atoms with Crippen molar-refractivity contribution in [2.24, 2.45) is 0 Å². The third kappa shape index (κ3) is 4.32. The van der Waals surface area contributed by atoms with Crippen molar-refractivity contribution in [3.05, 3.63) is 39.9 Å². The fourth-order valence-corrected chi connectivity index (χ4v) is 1.86. The van der Waals surface area contributed by atoms with E-state index >= 15 is 0 Å². The topological polar surface area (TPSA) is 38.3 Å². The number of rotatable bonds is 5. The van der Waals surface area contributed by atoms with Crippen LogP contribution in [0.15, 0.2) is 28.7 Å². The zero-order valence-electron chi connectivity index (χ0n) is 10.00. The number of carbonyl (C=O) groups is 1. The molecule has 0 aliphatic heterocycles. The summed E-state index contributed by atoms with van der Waals surface area (Å²) in [6, 6.07) is 5.42. The average Bonchev–Trinajstić information content (AvgIpc) is 2.35. The van der Waals surface area contributed by atoms with E-state index in [1.54, 1.807) is 12.1 Å². The van der Waals surface area contributed by atoms with E-state index < -0.39 is 0 Å². The third-order valence-corrected chi connectivity index (χ3v) is 2.97. The number of methoxy groups -OCH3 is 1. The lowest BCUT2D eigenvalue weighted by atomic mass is 10.1. The Morgan fingerprint density at radius 3 is 2.88 bits per heavy atom. The average molecular weight is 298 g/mol. The standard InChI is InChI=1S/C13H16BrNO2/c1-15-8-4-3-5-10-6-7-11(9-12(10)14)13(16)17-2/h3,5-7,9,15H,4,8H2,1-2H3. The highest BCUT2D eigenvalue weighted by Crippen LogP contribution is 2.20. The summed E-state index contributed by atoms with van der Waals surface area (Å²) in [4.78, 5) is 11.3. The van der Waals surface area contributed by atoms with Crippen molar-refractivity contribution in [1.82, 2.24) is 5.32 Å². The van der Waals surface area contributed by atoms with Crippen LogP contribution >= 0.6 is 15.9 Å². The van der Waals surface area contributed by atoms with E-state index in [-0.39, 0.29) is 5.97 Å². The van der Waals surface area contributed by atoms with Gasteiger partial charge in [-0.25, -0.2) is 4.79 Å². The van der Waals surface area contributed by atoms with E-state index in [4.69, 9.17) is 0 Å². The van der Waals surface area contributed by atoms with Crippen molar-refractivity contribution in [3.63, 3.8) is 0 Å². The molecule has 0 spiro atoms. The maximum atomic E-state index is 11.3. The van der Waals surface area contributed by atoms with E-state index in [9.17, 15) is 4.79 Å². The van der Waals surface area contributed by atoms with Gasteiger partial charge in [0.25, 0.3) is 0 Å². The predicted octanol–water partition coefficient (Wildman–Crippen LogP) is 2.86. The Kier molecular flexibility index (Phi) is 5.94. The summed E-state index contributed by atoms with van der Waals surface area (Å²) >= 11 is 3.44. The first-order valence-corrected chi connectivity index (χ1v) is 6.17. The van der Waals surface area contributed by atoms with Crippen molar-refractivity contribution in [2.75, 3.05) is 20.7 Å². The number of carbonyl (C=O) groups excluding carboxylic acids is 1. The first kappa shape index (κ1) is 13.9. The Morgan fingerprint density at radius 1 is 1.53 bits per heavy atom. The van der Waals surface area contributed by atoms with Gasteiger partial charge >= 0.3 is 5.97 Å². The van der Waals surface area contributed by atoms with Crippen LogP contribution in [0.5, 0.6) is 0 Å². The number of nitrogens with one attached hydrogen (secondary N) is 1. The van der Waals surface area contributed by atoms with Gasteiger partial charge in [-0.2, -0.15) is 0 Å². The third-order valence-electron chi connectivity index (χ3n) is 2.28. The second-order valence-corrected chi connectivity index (χ2v) is 4.38. The molecule has 17 heavy (non-hydrogen) atoms. The molecule has 0 saturated carbocycles. The molecule has 0 fully saturated rings. The molecule has 0 radical (unpaired) electrons. The molecule has 0 amide bonds. The Hall–Kier alpha value is -1.13. The molecule has 0 heterocycles. The molecule has 1 aromatic carbocycles. The quantitative estimate of drug-likeness (QED) is 0.671. The highest BCUT2D eigenvalue weighted by molar-refractivity contribution is 9.10. The molecule has 0 bridgehead atoms. The van der Waals surface area contributed by atoms with E-state index in [0.29, 0.717) is 5.56 Å². The Balaban J connectivity index is 2.76. The fraction of sp³-hybridized carbons (Fsp3) is 0.308. The van der Waals surface area contributed by atoms with Crippen LogP contribution in [0.25, 0.3) is 6.08 Å². The number of halogens is 1. The van der Waals surface area contributed by atoms with Crippen molar-refractivity contribution in [1.29, 1.82) is 0 Å². The summed E-state index contributed by atoms with van der Waals surface area (Å²) in [5.74, 6) is -0.323. The SMILES string of the molecule is CNCCC=Cc1ccc(C(=O)OC)cc1Br. The fourth-order valence-electron chi connectivity index (χ4n) is 1.35. The minimum Gasteiger partial charge on any atom is -0.465 e. The van der Waals surface area contributed by atoms with Crippen LogP contribution in [0.2, 0.25) is 0 Å². The molecule has 1 N–H and O–H groups in total. The Bertz CT molecular complexity index is 416. The maximum absolute atomic E-state index is 11.3. The van der Waals surface area contributed by atoms with Gasteiger partial charge in [0, 0.05) is 4.47 Å². The molecule has 1 rings (SSSR count). The lowest BCUT2D eigenvalue weighted by Gasteiger charge is -2.02. The van der Waals surface area contributed by atoms with Crippen molar-refractivity contribution in [3.8, 4) is 0 Å². The van der Waals surface area contributed by atoms with Crippen LogP contribution in [0.3, 0.4) is 0 Å². The van der Waals surface area contributed by atoms with E-state index in [0.717, 1.165) is 23.0 Å². The van der Waals surface area contributed by atoms with Crippen LogP contribution < -0.4 is 5.32 Å². The molecule has 0 saturated heterocycles. The smallest absolute Gasteiger partial charge is 0.337 e. The molecular weight excluding hydrogens is 282 g/mol. The van der Waals surface area contributed by atoms with Gasteiger partial charge in [0.05, 0.1) is 12.7 Å². The van der Waals surface area contributed by atoms with Gasteiger partial charge in [-0.15, -0.1) is 0 Å². The van der Waals surface area contributed by atoms with Gasteiger partial charge in [0.1, 0.15) is 0 Å². The lowest BCUT2D eigenvalue weighted by molar-refractivity contribution is 0.0600. The van der Waals surface area contributed by atoms with Gasteiger partial charge in [0.2, 0.25) is 0 Å². The Morgan fingerprint density at radius 2 is 2.29 bits per heavy atom. The number of hydrogen-bond acceptors (Lipinski definition) is 3. The molecule has 1 aromatic rings. The molecule has 0 atom stereocenters. The number of ether oxygens (including phenoxy) is 1. The van der Waals surface area contributed by atoms with E-state index in [1.165, 1.54) is 7.11 Å². The minimum atomic E-state index is -0.323. The van der Waals surface area contributed by atoms with Gasteiger partial charge < -0.3 is 10.1 Å². The summed E-state index contributed by atoms with van der Waals surface area (Å²) in [6.45, 7) is 0.953. The molecule has 92 valence electrons. The van der Waals surface area contributed by atoms with Crippen molar-refractivity contribution < 1.29 is 9.53 Å². The molecule has 0 aliphatic carbocycles.